The fourth-order valence-corrected chi connectivity index (χ4v) is 5.49. The molecule has 8 heteroatoms. The molecule has 162 valence electrons. The van der Waals surface area contributed by atoms with E-state index in [1.165, 1.54) is 6.92 Å². The van der Waals surface area contributed by atoms with E-state index in [0.717, 1.165) is 37.4 Å². The zero-order valence-corrected chi connectivity index (χ0v) is 17.8. The topological polar surface area (TPSA) is 113 Å². The third-order valence-corrected chi connectivity index (χ3v) is 7.03. The number of carboxylic acids is 1. The molecular weight excluding hydrogens is 404 g/mol. The van der Waals surface area contributed by atoms with Crippen LogP contribution in [0.5, 0.6) is 0 Å². The van der Waals surface area contributed by atoms with Crippen molar-refractivity contribution in [3.05, 3.63) is 35.9 Å². The van der Waals surface area contributed by atoms with E-state index in [9.17, 15) is 24.3 Å². The molecule has 1 aliphatic carbocycles. The van der Waals surface area contributed by atoms with Crippen LogP contribution in [-0.2, 0) is 14.4 Å². The normalized spacial score (nSPS) is 26.8. The van der Waals surface area contributed by atoms with Crippen LogP contribution < -0.4 is 10.6 Å². The highest BCUT2D eigenvalue weighted by Crippen LogP contribution is 2.39. The second-order valence-electron chi connectivity index (χ2n) is 8.10. The van der Waals surface area contributed by atoms with Gasteiger partial charge in [0, 0.05) is 18.2 Å². The van der Waals surface area contributed by atoms with Crippen molar-refractivity contribution in [3.63, 3.8) is 0 Å². The van der Waals surface area contributed by atoms with Crippen molar-refractivity contribution in [1.82, 2.24) is 10.6 Å². The first kappa shape index (κ1) is 22.5. The Labute approximate surface area is 180 Å². The number of rotatable bonds is 7. The number of thioether (sulfide) groups is 1. The fourth-order valence-electron chi connectivity index (χ4n) is 4.62. The number of nitrogens with one attached hydrogen (secondary N) is 2. The van der Waals surface area contributed by atoms with Gasteiger partial charge in [0.1, 0.15) is 6.04 Å². The second kappa shape index (κ2) is 10.2. The van der Waals surface area contributed by atoms with Gasteiger partial charge in [-0.2, -0.15) is 0 Å². The number of benzene rings is 1. The first-order valence-corrected chi connectivity index (χ1v) is 11.4. The van der Waals surface area contributed by atoms with Crippen LogP contribution in [0, 0.1) is 11.8 Å². The molecule has 0 radical (unpaired) electrons. The van der Waals surface area contributed by atoms with Crippen molar-refractivity contribution in [2.75, 3.05) is 5.75 Å². The predicted octanol–water partition coefficient (Wildman–Crippen LogP) is 2.26. The van der Waals surface area contributed by atoms with E-state index < -0.39 is 24.1 Å². The van der Waals surface area contributed by atoms with E-state index in [4.69, 9.17) is 0 Å². The summed E-state index contributed by atoms with van der Waals surface area (Å²) in [5, 5.41) is 15.1. The molecule has 1 saturated carbocycles. The number of hydrogen-bond acceptors (Lipinski definition) is 6. The van der Waals surface area contributed by atoms with Crippen molar-refractivity contribution in [1.29, 1.82) is 0 Å². The summed E-state index contributed by atoms with van der Waals surface area (Å²) in [5.41, 5.74) is 0.533. The van der Waals surface area contributed by atoms with Crippen LogP contribution in [0.2, 0.25) is 0 Å². The largest absolute Gasteiger partial charge is 0.480 e. The SMILES string of the molecule is CC(=O)N[C@H](CSC(=O)c1ccccc1)C(=O)C1NC(C(=O)O)CC2CCCCC21. The summed E-state index contributed by atoms with van der Waals surface area (Å²) in [5.74, 6) is -1.19. The lowest BCUT2D eigenvalue weighted by Crippen LogP contribution is -2.62. The molecule has 0 bridgehead atoms. The third-order valence-electron chi connectivity index (χ3n) is 6.03. The molecule has 1 aromatic carbocycles. The lowest BCUT2D eigenvalue weighted by molar-refractivity contribution is -0.143. The molecule has 0 spiro atoms. The molecule has 1 saturated heterocycles. The number of aliphatic carboxylic acids is 1. The molecule has 2 aliphatic rings. The number of hydrogen-bond donors (Lipinski definition) is 3. The number of piperidine rings is 1. The van der Waals surface area contributed by atoms with Gasteiger partial charge in [0.25, 0.3) is 0 Å². The Kier molecular flexibility index (Phi) is 7.66. The van der Waals surface area contributed by atoms with Crippen molar-refractivity contribution in [3.8, 4) is 0 Å². The minimum Gasteiger partial charge on any atom is -0.480 e. The smallest absolute Gasteiger partial charge is 0.320 e. The van der Waals surface area contributed by atoms with Gasteiger partial charge < -0.3 is 10.4 Å². The van der Waals surface area contributed by atoms with Crippen LogP contribution in [0.4, 0.5) is 0 Å². The first-order valence-electron chi connectivity index (χ1n) is 10.4. The Morgan fingerprint density at radius 3 is 2.53 bits per heavy atom. The van der Waals surface area contributed by atoms with Crippen LogP contribution in [0.25, 0.3) is 0 Å². The molecule has 7 nitrogen and oxygen atoms in total. The highest BCUT2D eigenvalue weighted by atomic mass is 32.2. The zero-order valence-electron chi connectivity index (χ0n) is 17.0. The maximum atomic E-state index is 13.4. The maximum absolute atomic E-state index is 13.4. The van der Waals surface area contributed by atoms with Crippen molar-refractivity contribution >= 4 is 34.5 Å². The summed E-state index contributed by atoms with van der Waals surface area (Å²) in [7, 11) is 0. The minimum atomic E-state index is -0.957. The quantitative estimate of drug-likeness (QED) is 0.606. The van der Waals surface area contributed by atoms with Crippen LogP contribution in [-0.4, -0.2) is 51.8 Å². The molecular formula is C22H28N2O5S. The predicted molar refractivity (Wildman–Crippen MR) is 114 cm³/mol. The Balaban J connectivity index is 1.74. The Morgan fingerprint density at radius 2 is 1.87 bits per heavy atom. The molecule has 4 unspecified atom stereocenters. The minimum absolute atomic E-state index is 0.0629. The average molecular weight is 433 g/mol. The maximum Gasteiger partial charge on any atom is 0.320 e. The summed E-state index contributed by atoms with van der Waals surface area (Å²) in [6.45, 7) is 1.34. The Bertz CT molecular complexity index is 800. The summed E-state index contributed by atoms with van der Waals surface area (Å²) in [6, 6.07) is 6.52. The van der Waals surface area contributed by atoms with Gasteiger partial charge in [-0.15, -0.1) is 0 Å². The Hall–Kier alpha value is -2.19. The highest BCUT2D eigenvalue weighted by Gasteiger charge is 2.45. The fraction of sp³-hybridized carbons (Fsp3) is 0.545. The van der Waals surface area contributed by atoms with E-state index in [2.05, 4.69) is 10.6 Å². The lowest BCUT2D eigenvalue weighted by atomic mass is 9.68. The van der Waals surface area contributed by atoms with Crippen LogP contribution >= 0.6 is 11.8 Å². The van der Waals surface area contributed by atoms with Gasteiger partial charge in [0.05, 0.1) is 12.1 Å². The molecule has 1 amide bonds. The van der Waals surface area contributed by atoms with Crippen molar-refractivity contribution < 1.29 is 24.3 Å². The van der Waals surface area contributed by atoms with E-state index in [1.807, 2.05) is 6.07 Å². The van der Waals surface area contributed by atoms with Gasteiger partial charge >= 0.3 is 5.97 Å². The van der Waals surface area contributed by atoms with E-state index in [-0.39, 0.29) is 34.4 Å². The number of fused-ring (bicyclic) bond motifs is 1. The molecule has 1 aromatic rings. The first-order chi connectivity index (χ1) is 14.4. The Morgan fingerprint density at radius 1 is 1.17 bits per heavy atom. The summed E-state index contributed by atoms with van der Waals surface area (Å²) in [4.78, 5) is 49.2. The van der Waals surface area contributed by atoms with Crippen molar-refractivity contribution in [2.45, 2.75) is 57.2 Å². The molecule has 5 atom stereocenters. The summed E-state index contributed by atoms with van der Waals surface area (Å²) in [6.07, 6.45) is 4.37. The van der Waals surface area contributed by atoms with Gasteiger partial charge in [0.2, 0.25) is 11.0 Å². The number of Topliss-reactive ketones (excluding diaryl/α,β-unsaturated/α-hetero) is 1. The molecule has 1 aliphatic heterocycles. The average Bonchev–Trinajstić information content (AvgIpc) is 2.75. The molecule has 3 rings (SSSR count). The van der Waals surface area contributed by atoms with Gasteiger partial charge in [-0.25, -0.2) is 0 Å². The van der Waals surface area contributed by atoms with Gasteiger partial charge in [-0.3, -0.25) is 24.5 Å². The van der Waals surface area contributed by atoms with E-state index in [0.29, 0.717) is 12.0 Å². The van der Waals surface area contributed by atoms with Gasteiger partial charge in [-0.05, 0) is 24.7 Å². The van der Waals surface area contributed by atoms with Crippen LogP contribution in [0.3, 0.4) is 0 Å². The monoisotopic (exact) mass is 432 g/mol. The second-order valence-corrected chi connectivity index (χ2v) is 9.09. The molecule has 3 N–H and O–H groups in total. The number of ketones is 1. The number of carbonyl (C=O) groups is 4. The van der Waals surface area contributed by atoms with Gasteiger partial charge in [0.15, 0.2) is 5.78 Å². The number of carboxylic acid groups (broad SMARTS) is 1. The third kappa shape index (κ3) is 5.49. The molecule has 30 heavy (non-hydrogen) atoms. The molecule has 1 heterocycles. The van der Waals surface area contributed by atoms with Crippen molar-refractivity contribution in [2.24, 2.45) is 11.8 Å². The van der Waals surface area contributed by atoms with Gasteiger partial charge in [-0.1, -0.05) is 61.4 Å². The summed E-state index contributed by atoms with van der Waals surface area (Å²) >= 11 is 0.990. The number of amides is 1. The molecule has 2 fully saturated rings. The highest BCUT2D eigenvalue weighted by molar-refractivity contribution is 8.14. The van der Waals surface area contributed by atoms with E-state index >= 15 is 0 Å². The zero-order chi connectivity index (χ0) is 21.7. The van der Waals surface area contributed by atoms with Crippen LogP contribution in [0.1, 0.15) is 49.4 Å². The molecule has 0 aromatic heterocycles. The number of carbonyl (C=O) groups excluding carboxylic acids is 3. The van der Waals surface area contributed by atoms with E-state index in [1.54, 1.807) is 24.3 Å². The lowest BCUT2D eigenvalue weighted by Gasteiger charge is -2.44. The standard InChI is InChI=1S/C22H28N2O5S/c1-13(25)23-18(12-30-22(29)14-7-3-2-4-8-14)20(26)19-16-10-6-5-9-15(16)11-17(24-19)21(27)28/h2-4,7-8,15-19,24H,5-6,9-12H2,1H3,(H,23,25)(H,27,28)/t15?,16?,17?,18-,19?/m1/s1. The van der Waals surface area contributed by atoms with Crippen LogP contribution in [0.15, 0.2) is 30.3 Å². The summed E-state index contributed by atoms with van der Waals surface area (Å²) < 4.78 is 0.